The Morgan fingerprint density at radius 1 is 1.29 bits per heavy atom. The Kier molecular flexibility index (Phi) is 8.01. The smallest absolute Gasteiger partial charge is 0.419 e. The average molecular weight is 479 g/mol. The highest BCUT2D eigenvalue weighted by Gasteiger charge is 2.36. The topological polar surface area (TPSA) is 88.7 Å². The molecule has 7 nitrogen and oxygen atoms in total. The predicted octanol–water partition coefficient (Wildman–Crippen LogP) is 6.64. The molecule has 0 aliphatic carbocycles. The molecule has 3 rings (SSSR count). The van der Waals surface area contributed by atoms with Crippen molar-refractivity contribution in [2.45, 2.75) is 58.7 Å². The fourth-order valence-electron chi connectivity index (χ4n) is 3.72. The average Bonchev–Trinajstić information content (AvgIpc) is 3.42. The van der Waals surface area contributed by atoms with E-state index in [1.165, 1.54) is 22.6 Å². The standard InChI is InChI=1S/C24H28F3N3O4/c1-15(2)6-4-7-16(3)11-13-33-20-10-9-17(14-18(20)24(25,26)27)21-28-22(34-29-21)19-8-5-12-30(19)23(31)32/h6,9-11,14,19H,4-5,7-8,12-13H2,1-3H3,(H,31,32)/t19-/m0/s1. The summed E-state index contributed by atoms with van der Waals surface area (Å²) in [6.07, 6.45) is 0.945. The first-order chi connectivity index (χ1) is 16.1. The van der Waals surface area contributed by atoms with Crippen LogP contribution in [0.4, 0.5) is 18.0 Å². The minimum atomic E-state index is -4.65. The lowest BCUT2D eigenvalue weighted by Gasteiger charge is -2.17. The maximum absolute atomic E-state index is 13.7. The van der Waals surface area contributed by atoms with Crippen LogP contribution in [0.15, 0.2) is 46.0 Å². The zero-order valence-corrected chi connectivity index (χ0v) is 19.4. The van der Waals surface area contributed by atoms with E-state index in [4.69, 9.17) is 9.26 Å². The number of halogens is 3. The van der Waals surface area contributed by atoms with E-state index in [1.54, 1.807) is 6.08 Å². The summed E-state index contributed by atoms with van der Waals surface area (Å²) >= 11 is 0. The predicted molar refractivity (Wildman–Crippen MR) is 119 cm³/mol. The molecule has 2 heterocycles. The SMILES string of the molecule is CC(C)=CCCC(C)=CCOc1ccc(-c2noc([C@@H]3CCCN3C(=O)O)n2)cc1C(F)(F)F. The summed E-state index contributed by atoms with van der Waals surface area (Å²) in [5, 5.41) is 13.1. The van der Waals surface area contributed by atoms with E-state index in [1.807, 2.05) is 20.8 Å². The summed E-state index contributed by atoms with van der Waals surface area (Å²) in [5.74, 6) is -0.266. The van der Waals surface area contributed by atoms with Crippen molar-refractivity contribution in [3.63, 3.8) is 0 Å². The normalized spacial score (nSPS) is 16.6. The van der Waals surface area contributed by atoms with Crippen LogP contribution in [0.2, 0.25) is 0 Å². The Labute approximate surface area is 195 Å². The summed E-state index contributed by atoms with van der Waals surface area (Å²) in [5.41, 5.74) is 1.41. The first-order valence-corrected chi connectivity index (χ1v) is 11.0. The molecule has 1 aliphatic heterocycles. The van der Waals surface area contributed by atoms with E-state index in [0.29, 0.717) is 19.4 Å². The van der Waals surface area contributed by atoms with E-state index in [2.05, 4.69) is 16.2 Å². The number of alkyl halides is 3. The third kappa shape index (κ3) is 6.39. The lowest BCUT2D eigenvalue weighted by molar-refractivity contribution is -0.138. The van der Waals surface area contributed by atoms with Gasteiger partial charge < -0.3 is 14.4 Å². The number of benzene rings is 1. The van der Waals surface area contributed by atoms with Crippen LogP contribution in [0, 0.1) is 0 Å². The number of rotatable bonds is 8. The second-order valence-corrected chi connectivity index (χ2v) is 8.48. The Hall–Kier alpha value is -3.30. The Morgan fingerprint density at radius 3 is 2.74 bits per heavy atom. The van der Waals surface area contributed by atoms with Crippen LogP contribution in [0.1, 0.15) is 64.0 Å². The molecule has 1 aromatic carbocycles. The van der Waals surface area contributed by atoms with Crippen LogP contribution < -0.4 is 4.74 Å². The van der Waals surface area contributed by atoms with E-state index in [-0.39, 0.29) is 29.6 Å². The second kappa shape index (κ2) is 10.8. The molecule has 1 fully saturated rings. The summed E-state index contributed by atoms with van der Waals surface area (Å²) < 4.78 is 51.8. The number of hydrogen-bond acceptors (Lipinski definition) is 5. The second-order valence-electron chi connectivity index (χ2n) is 8.48. The molecule has 0 unspecified atom stereocenters. The lowest BCUT2D eigenvalue weighted by atomic mass is 10.1. The highest BCUT2D eigenvalue weighted by atomic mass is 19.4. The third-order valence-electron chi connectivity index (χ3n) is 5.53. The number of allylic oxidation sites excluding steroid dienone is 3. The van der Waals surface area contributed by atoms with Crippen molar-refractivity contribution in [3.8, 4) is 17.1 Å². The largest absolute Gasteiger partial charge is 0.489 e. The van der Waals surface area contributed by atoms with Crippen molar-refractivity contribution in [3.05, 3.63) is 53.0 Å². The van der Waals surface area contributed by atoms with Gasteiger partial charge in [0.2, 0.25) is 11.7 Å². The lowest BCUT2D eigenvalue weighted by Crippen LogP contribution is -2.28. The maximum atomic E-state index is 13.7. The highest BCUT2D eigenvalue weighted by Crippen LogP contribution is 2.39. The quantitative estimate of drug-likeness (QED) is 0.427. The van der Waals surface area contributed by atoms with Crippen LogP contribution in [-0.2, 0) is 6.18 Å². The molecule has 0 saturated carbocycles. The van der Waals surface area contributed by atoms with E-state index >= 15 is 0 Å². The number of nitrogens with zero attached hydrogens (tertiary/aromatic N) is 3. The van der Waals surface area contributed by atoms with Gasteiger partial charge in [-0.1, -0.05) is 22.4 Å². The fraction of sp³-hybridized carbons (Fsp3) is 0.458. The van der Waals surface area contributed by atoms with Gasteiger partial charge in [0.05, 0.1) is 5.56 Å². The Bertz CT molecular complexity index is 1070. The van der Waals surface area contributed by atoms with Crippen molar-refractivity contribution < 1.29 is 32.3 Å². The molecule has 34 heavy (non-hydrogen) atoms. The van der Waals surface area contributed by atoms with Crippen LogP contribution in [0.3, 0.4) is 0 Å². The molecule has 1 aromatic heterocycles. The van der Waals surface area contributed by atoms with E-state index in [9.17, 15) is 23.1 Å². The molecule has 1 N–H and O–H groups in total. The molecule has 1 atom stereocenters. The van der Waals surface area contributed by atoms with Crippen LogP contribution in [0.5, 0.6) is 5.75 Å². The number of amides is 1. The molecule has 2 aromatic rings. The molecule has 10 heteroatoms. The van der Waals surface area contributed by atoms with Gasteiger partial charge in [-0.25, -0.2) is 4.79 Å². The zero-order valence-electron chi connectivity index (χ0n) is 19.4. The van der Waals surface area contributed by atoms with Gasteiger partial charge in [0.1, 0.15) is 18.4 Å². The molecule has 0 bridgehead atoms. The van der Waals surface area contributed by atoms with Gasteiger partial charge in [0.25, 0.3) is 0 Å². The van der Waals surface area contributed by atoms with Crippen LogP contribution >= 0.6 is 0 Å². The Balaban J connectivity index is 1.76. The molecular weight excluding hydrogens is 451 g/mol. The monoisotopic (exact) mass is 479 g/mol. The van der Waals surface area contributed by atoms with E-state index < -0.39 is 23.9 Å². The summed E-state index contributed by atoms with van der Waals surface area (Å²) in [7, 11) is 0. The maximum Gasteiger partial charge on any atom is 0.419 e. The van der Waals surface area contributed by atoms with Crippen LogP contribution in [-0.4, -0.2) is 39.4 Å². The van der Waals surface area contributed by atoms with E-state index in [0.717, 1.165) is 24.5 Å². The van der Waals surface area contributed by atoms with Gasteiger partial charge in [-0.15, -0.1) is 0 Å². The molecular formula is C24H28F3N3O4. The van der Waals surface area contributed by atoms with Crippen molar-refractivity contribution >= 4 is 6.09 Å². The van der Waals surface area contributed by atoms with Crippen molar-refractivity contribution in [2.24, 2.45) is 0 Å². The zero-order chi connectivity index (χ0) is 24.9. The number of carboxylic acid groups (broad SMARTS) is 1. The number of aromatic nitrogens is 2. The minimum Gasteiger partial charge on any atom is -0.489 e. The first-order valence-electron chi connectivity index (χ1n) is 11.0. The fourth-order valence-corrected chi connectivity index (χ4v) is 3.72. The van der Waals surface area contributed by atoms with Gasteiger partial charge in [-0.05, 0) is 70.7 Å². The third-order valence-corrected chi connectivity index (χ3v) is 5.53. The minimum absolute atomic E-state index is 0.0160. The number of carbonyl (C=O) groups is 1. The van der Waals surface area contributed by atoms with Crippen molar-refractivity contribution in [2.75, 3.05) is 13.2 Å². The van der Waals surface area contributed by atoms with Gasteiger partial charge >= 0.3 is 12.3 Å². The number of hydrogen-bond donors (Lipinski definition) is 1. The summed E-state index contributed by atoms with van der Waals surface area (Å²) in [4.78, 5) is 16.7. The van der Waals surface area contributed by atoms with Gasteiger partial charge in [0.15, 0.2) is 0 Å². The van der Waals surface area contributed by atoms with Gasteiger partial charge in [-0.2, -0.15) is 18.2 Å². The van der Waals surface area contributed by atoms with Crippen molar-refractivity contribution in [1.82, 2.24) is 15.0 Å². The molecule has 1 aliphatic rings. The summed E-state index contributed by atoms with van der Waals surface area (Å²) in [6.45, 7) is 6.30. The molecule has 1 saturated heterocycles. The Morgan fingerprint density at radius 2 is 2.06 bits per heavy atom. The molecule has 0 spiro atoms. The van der Waals surface area contributed by atoms with Gasteiger partial charge in [0, 0.05) is 12.1 Å². The highest BCUT2D eigenvalue weighted by molar-refractivity contribution is 5.66. The van der Waals surface area contributed by atoms with Gasteiger partial charge in [-0.3, -0.25) is 4.90 Å². The number of likely N-dealkylation sites (tertiary alicyclic amines) is 1. The molecule has 1 amide bonds. The first kappa shape index (κ1) is 25.3. The molecule has 0 radical (unpaired) electrons. The number of ether oxygens (including phenoxy) is 1. The summed E-state index contributed by atoms with van der Waals surface area (Å²) in [6, 6.07) is 2.97. The molecule has 184 valence electrons. The van der Waals surface area contributed by atoms with Crippen LogP contribution in [0.25, 0.3) is 11.4 Å². The van der Waals surface area contributed by atoms with Crippen molar-refractivity contribution in [1.29, 1.82) is 0 Å².